The number of ether oxygens (including phenoxy) is 1. The van der Waals surface area contributed by atoms with Crippen LogP contribution in [0.4, 0.5) is 0 Å². The minimum atomic E-state index is 0.572. The summed E-state index contributed by atoms with van der Waals surface area (Å²) in [5.41, 5.74) is 3.16. The molecule has 1 aliphatic rings. The highest BCUT2D eigenvalue weighted by Crippen LogP contribution is 2.34. The normalized spacial score (nSPS) is 19.6. The second-order valence-corrected chi connectivity index (χ2v) is 5.91. The quantitative estimate of drug-likeness (QED) is 0.727. The number of aryl methyl sites for hydroxylation is 1. The van der Waals surface area contributed by atoms with Crippen molar-refractivity contribution in [1.82, 2.24) is 5.32 Å². The molecule has 0 amide bonds. The lowest BCUT2D eigenvalue weighted by Gasteiger charge is -2.29. The lowest BCUT2D eigenvalue weighted by atomic mass is 9.79. The first-order valence-corrected chi connectivity index (χ1v) is 8.18. The Morgan fingerprint density at radius 3 is 2.95 bits per heavy atom. The standard InChI is InChI=1S/C18H29NO/c1-3-12-20-13-11-17(19-2)14-16-9-6-8-15-7-4-5-10-18(15)16/h4-5,7,10,16-17,19H,3,6,8-9,11-14H2,1-2H3. The van der Waals surface area contributed by atoms with Gasteiger partial charge in [-0.3, -0.25) is 0 Å². The van der Waals surface area contributed by atoms with Gasteiger partial charge in [-0.25, -0.2) is 0 Å². The average molecular weight is 275 g/mol. The smallest absolute Gasteiger partial charge is 0.0480 e. The van der Waals surface area contributed by atoms with Gasteiger partial charge in [0.05, 0.1) is 0 Å². The van der Waals surface area contributed by atoms with Crippen LogP contribution in [0.5, 0.6) is 0 Å². The molecule has 0 radical (unpaired) electrons. The summed E-state index contributed by atoms with van der Waals surface area (Å²) in [6, 6.07) is 9.58. The maximum atomic E-state index is 5.63. The van der Waals surface area contributed by atoms with Crippen LogP contribution < -0.4 is 5.32 Å². The molecule has 0 heterocycles. The van der Waals surface area contributed by atoms with E-state index in [1.54, 1.807) is 11.1 Å². The lowest BCUT2D eigenvalue weighted by molar-refractivity contribution is 0.123. The van der Waals surface area contributed by atoms with Crippen LogP contribution in [0.3, 0.4) is 0 Å². The van der Waals surface area contributed by atoms with Crippen molar-refractivity contribution in [2.75, 3.05) is 20.3 Å². The molecule has 2 heteroatoms. The van der Waals surface area contributed by atoms with Crippen LogP contribution in [0.1, 0.15) is 56.1 Å². The predicted molar refractivity (Wildman–Crippen MR) is 85.3 cm³/mol. The van der Waals surface area contributed by atoms with Crippen LogP contribution in [-0.4, -0.2) is 26.3 Å². The summed E-state index contributed by atoms with van der Waals surface area (Å²) in [6.07, 6.45) is 7.41. The summed E-state index contributed by atoms with van der Waals surface area (Å²) in [5, 5.41) is 3.48. The van der Waals surface area contributed by atoms with E-state index in [-0.39, 0.29) is 0 Å². The number of benzene rings is 1. The van der Waals surface area contributed by atoms with E-state index in [2.05, 4.69) is 43.6 Å². The number of nitrogens with one attached hydrogen (secondary N) is 1. The number of rotatable bonds is 8. The fourth-order valence-corrected chi connectivity index (χ4v) is 3.29. The van der Waals surface area contributed by atoms with Gasteiger partial charge in [0.15, 0.2) is 0 Å². The highest BCUT2D eigenvalue weighted by Gasteiger charge is 2.22. The first-order valence-electron chi connectivity index (χ1n) is 8.18. The van der Waals surface area contributed by atoms with E-state index < -0.39 is 0 Å². The van der Waals surface area contributed by atoms with Crippen molar-refractivity contribution < 1.29 is 4.74 Å². The monoisotopic (exact) mass is 275 g/mol. The Bertz CT molecular complexity index is 391. The van der Waals surface area contributed by atoms with E-state index in [1.807, 2.05) is 0 Å². The van der Waals surface area contributed by atoms with Gasteiger partial charge in [0.25, 0.3) is 0 Å². The van der Waals surface area contributed by atoms with Crippen molar-refractivity contribution >= 4 is 0 Å². The number of hydrogen-bond donors (Lipinski definition) is 1. The molecule has 1 N–H and O–H groups in total. The van der Waals surface area contributed by atoms with E-state index >= 15 is 0 Å². The van der Waals surface area contributed by atoms with Gasteiger partial charge < -0.3 is 10.1 Å². The average Bonchev–Trinajstić information content (AvgIpc) is 2.50. The molecular weight excluding hydrogens is 246 g/mol. The Kier molecular flexibility index (Phi) is 6.55. The summed E-state index contributed by atoms with van der Waals surface area (Å²) in [5.74, 6) is 0.726. The molecule has 1 aromatic rings. The van der Waals surface area contributed by atoms with Crippen molar-refractivity contribution in [3.8, 4) is 0 Å². The third-order valence-corrected chi connectivity index (χ3v) is 4.43. The maximum absolute atomic E-state index is 5.63. The molecule has 2 rings (SSSR count). The Morgan fingerprint density at radius 2 is 2.15 bits per heavy atom. The first kappa shape index (κ1) is 15.5. The van der Waals surface area contributed by atoms with Gasteiger partial charge in [0.2, 0.25) is 0 Å². The van der Waals surface area contributed by atoms with Crippen LogP contribution in [0.15, 0.2) is 24.3 Å². The third-order valence-electron chi connectivity index (χ3n) is 4.43. The molecule has 0 fully saturated rings. The highest BCUT2D eigenvalue weighted by molar-refractivity contribution is 5.32. The summed E-state index contributed by atoms with van der Waals surface area (Å²) >= 11 is 0. The SMILES string of the molecule is CCCOCCC(CC1CCCc2ccccc21)NC. The van der Waals surface area contributed by atoms with E-state index in [1.165, 1.54) is 25.7 Å². The lowest BCUT2D eigenvalue weighted by Crippen LogP contribution is -2.29. The van der Waals surface area contributed by atoms with E-state index in [9.17, 15) is 0 Å². The Morgan fingerprint density at radius 1 is 1.30 bits per heavy atom. The van der Waals surface area contributed by atoms with Gasteiger partial charge in [-0.2, -0.15) is 0 Å². The van der Waals surface area contributed by atoms with Crippen molar-refractivity contribution in [2.24, 2.45) is 0 Å². The fourth-order valence-electron chi connectivity index (χ4n) is 3.29. The molecule has 2 unspecified atom stereocenters. The van der Waals surface area contributed by atoms with Gasteiger partial charge in [-0.15, -0.1) is 0 Å². The molecule has 2 nitrogen and oxygen atoms in total. The summed E-state index contributed by atoms with van der Waals surface area (Å²) in [4.78, 5) is 0. The molecule has 0 bridgehead atoms. The minimum Gasteiger partial charge on any atom is -0.381 e. The topological polar surface area (TPSA) is 21.3 Å². The van der Waals surface area contributed by atoms with Crippen molar-refractivity contribution in [1.29, 1.82) is 0 Å². The zero-order chi connectivity index (χ0) is 14.2. The fraction of sp³-hybridized carbons (Fsp3) is 0.667. The van der Waals surface area contributed by atoms with Gasteiger partial charge in [-0.1, -0.05) is 31.2 Å². The van der Waals surface area contributed by atoms with Crippen molar-refractivity contribution in [3.05, 3.63) is 35.4 Å². The second-order valence-electron chi connectivity index (χ2n) is 5.91. The van der Waals surface area contributed by atoms with Crippen LogP contribution in [0.2, 0.25) is 0 Å². The molecular formula is C18H29NO. The molecule has 0 saturated heterocycles. The summed E-state index contributed by atoms with van der Waals surface area (Å²) in [7, 11) is 2.08. The third kappa shape index (κ3) is 4.32. The van der Waals surface area contributed by atoms with E-state index in [0.29, 0.717) is 6.04 Å². The molecule has 0 spiro atoms. The van der Waals surface area contributed by atoms with Gasteiger partial charge in [0, 0.05) is 19.3 Å². The van der Waals surface area contributed by atoms with Gasteiger partial charge in [0.1, 0.15) is 0 Å². The van der Waals surface area contributed by atoms with E-state index in [0.717, 1.165) is 32.0 Å². The highest BCUT2D eigenvalue weighted by atomic mass is 16.5. The van der Waals surface area contributed by atoms with Gasteiger partial charge in [-0.05, 0) is 62.6 Å². The van der Waals surface area contributed by atoms with Crippen LogP contribution >= 0.6 is 0 Å². The summed E-state index contributed by atoms with van der Waals surface area (Å²) < 4.78 is 5.63. The van der Waals surface area contributed by atoms with Crippen LogP contribution in [0, 0.1) is 0 Å². The Balaban J connectivity index is 1.88. The molecule has 0 saturated carbocycles. The molecule has 1 aromatic carbocycles. The van der Waals surface area contributed by atoms with Gasteiger partial charge >= 0.3 is 0 Å². The van der Waals surface area contributed by atoms with Crippen LogP contribution in [0.25, 0.3) is 0 Å². The zero-order valence-corrected chi connectivity index (χ0v) is 13.0. The maximum Gasteiger partial charge on any atom is 0.0480 e. The first-order chi connectivity index (χ1) is 9.85. The van der Waals surface area contributed by atoms with Crippen LogP contribution in [-0.2, 0) is 11.2 Å². The van der Waals surface area contributed by atoms with Crippen molar-refractivity contribution in [2.45, 2.75) is 57.4 Å². The number of fused-ring (bicyclic) bond motifs is 1. The molecule has 2 atom stereocenters. The number of hydrogen-bond acceptors (Lipinski definition) is 2. The van der Waals surface area contributed by atoms with Crippen molar-refractivity contribution in [3.63, 3.8) is 0 Å². The molecule has 0 aromatic heterocycles. The van der Waals surface area contributed by atoms with E-state index in [4.69, 9.17) is 4.74 Å². The zero-order valence-electron chi connectivity index (χ0n) is 13.0. The molecule has 20 heavy (non-hydrogen) atoms. The second kappa shape index (κ2) is 8.43. The Labute approximate surface area is 123 Å². The molecule has 1 aliphatic carbocycles. The largest absolute Gasteiger partial charge is 0.381 e. The summed E-state index contributed by atoms with van der Waals surface area (Å²) in [6.45, 7) is 3.94. The molecule has 112 valence electrons. The Hall–Kier alpha value is -0.860. The minimum absolute atomic E-state index is 0.572. The predicted octanol–water partition coefficient (Wildman–Crippen LogP) is 3.90. The molecule has 0 aliphatic heterocycles.